The Bertz CT molecular complexity index is 213. The van der Waals surface area contributed by atoms with Crippen molar-refractivity contribution in [1.29, 1.82) is 0 Å². The van der Waals surface area contributed by atoms with Gasteiger partial charge in [0.1, 0.15) is 0 Å². The second-order valence-corrected chi connectivity index (χ2v) is 2.92. The van der Waals surface area contributed by atoms with Crippen molar-refractivity contribution in [3.8, 4) is 0 Å². The Hall–Kier alpha value is -0.780. The summed E-state index contributed by atoms with van der Waals surface area (Å²) in [5, 5.41) is 0. The fourth-order valence-electron chi connectivity index (χ4n) is 1.17. The van der Waals surface area contributed by atoms with Crippen LogP contribution in [0.1, 0.15) is 30.9 Å². The molecule has 0 heterocycles. The topological polar surface area (TPSA) is 0 Å². The summed E-state index contributed by atoms with van der Waals surface area (Å²) in [5.74, 6) is 0. The van der Waals surface area contributed by atoms with Gasteiger partial charge in [-0.05, 0) is 30.9 Å². The van der Waals surface area contributed by atoms with E-state index in [4.69, 9.17) is 0 Å². The highest BCUT2D eigenvalue weighted by molar-refractivity contribution is 5.25. The molecule has 1 radical (unpaired) electrons. The number of aryl methyl sites for hydroxylation is 1. The molecule has 0 amide bonds. The average Bonchev–Trinajstić information content (AvgIpc) is 2.01. The first-order chi connectivity index (χ1) is 5.33. The van der Waals surface area contributed by atoms with E-state index >= 15 is 0 Å². The van der Waals surface area contributed by atoms with Crippen molar-refractivity contribution in [2.45, 2.75) is 26.2 Å². The van der Waals surface area contributed by atoms with E-state index in [0.717, 1.165) is 5.56 Å². The quantitative estimate of drug-likeness (QED) is 0.616. The van der Waals surface area contributed by atoms with Gasteiger partial charge in [-0.3, -0.25) is 0 Å². The van der Waals surface area contributed by atoms with Crippen LogP contribution in [0.25, 0.3) is 0 Å². The molecule has 0 fully saturated rings. The zero-order valence-electron chi connectivity index (χ0n) is 7.14. The number of unbranched alkanes of at least 4 members (excludes halogenated alkanes) is 1. The van der Waals surface area contributed by atoms with E-state index in [9.17, 15) is 0 Å². The van der Waals surface area contributed by atoms with Gasteiger partial charge in [-0.25, -0.2) is 0 Å². The van der Waals surface area contributed by atoms with Crippen molar-refractivity contribution < 1.29 is 0 Å². The standard InChI is InChI=1S/C11H15/c1-3-4-7-11-8-5-6-10(2)9-11/h5-6,8-9H,2-4,7H2,1H3. The minimum Gasteiger partial charge on any atom is -0.0654 e. The van der Waals surface area contributed by atoms with Gasteiger partial charge >= 0.3 is 0 Å². The Morgan fingerprint density at radius 3 is 2.82 bits per heavy atom. The molecular weight excluding hydrogens is 132 g/mol. The summed E-state index contributed by atoms with van der Waals surface area (Å²) in [6.07, 6.45) is 3.74. The molecule has 1 rings (SSSR count). The van der Waals surface area contributed by atoms with Crippen molar-refractivity contribution in [1.82, 2.24) is 0 Å². The Kier molecular flexibility index (Phi) is 3.15. The predicted octanol–water partition coefficient (Wildman–Crippen LogP) is 3.21. The highest BCUT2D eigenvalue weighted by atomic mass is 14.0. The number of benzene rings is 1. The second-order valence-electron chi connectivity index (χ2n) is 2.92. The minimum absolute atomic E-state index is 1.12. The highest BCUT2D eigenvalue weighted by Crippen LogP contribution is 2.07. The molecule has 0 unspecified atom stereocenters. The molecule has 59 valence electrons. The van der Waals surface area contributed by atoms with E-state index in [2.05, 4.69) is 32.0 Å². The minimum atomic E-state index is 1.12. The molecule has 0 aliphatic carbocycles. The van der Waals surface area contributed by atoms with Crippen LogP contribution in [0.4, 0.5) is 0 Å². The molecule has 0 spiro atoms. The Balaban J connectivity index is 2.56. The number of hydrogen-bond acceptors (Lipinski definition) is 0. The smallest absolute Gasteiger partial charge is 0.0238 e. The van der Waals surface area contributed by atoms with E-state index in [0.29, 0.717) is 0 Å². The van der Waals surface area contributed by atoms with Gasteiger partial charge in [0.05, 0.1) is 0 Å². The third-order valence-corrected chi connectivity index (χ3v) is 1.81. The van der Waals surface area contributed by atoms with Crippen LogP contribution in [0, 0.1) is 6.92 Å². The number of rotatable bonds is 3. The van der Waals surface area contributed by atoms with Gasteiger partial charge in [-0.1, -0.05) is 37.6 Å². The molecule has 11 heavy (non-hydrogen) atoms. The molecule has 1 aromatic carbocycles. The van der Waals surface area contributed by atoms with E-state index in [1.807, 2.05) is 6.07 Å². The highest BCUT2D eigenvalue weighted by Gasteiger charge is 1.90. The maximum absolute atomic E-state index is 3.89. The molecule has 0 N–H and O–H groups in total. The van der Waals surface area contributed by atoms with Crippen molar-refractivity contribution >= 4 is 0 Å². The predicted molar refractivity (Wildman–Crippen MR) is 49.5 cm³/mol. The van der Waals surface area contributed by atoms with Gasteiger partial charge in [0.2, 0.25) is 0 Å². The molecule has 0 bridgehead atoms. The fraction of sp³-hybridized carbons (Fsp3) is 0.364. The van der Waals surface area contributed by atoms with E-state index in [-0.39, 0.29) is 0 Å². The van der Waals surface area contributed by atoms with Gasteiger partial charge in [-0.2, -0.15) is 0 Å². The van der Waals surface area contributed by atoms with Crippen LogP contribution in [-0.2, 0) is 6.42 Å². The van der Waals surface area contributed by atoms with Gasteiger partial charge in [-0.15, -0.1) is 0 Å². The van der Waals surface area contributed by atoms with E-state index in [1.165, 1.54) is 24.8 Å². The van der Waals surface area contributed by atoms with Gasteiger partial charge in [0, 0.05) is 0 Å². The molecule has 0 saturated carbocycles. The molecule has 1 aromatic rings. The van der Waals surface area contributed by atoms with Crippen LogP contribution in [0.5, 0.6) is 0 Å². The lowest BCUT2D eigenvalue weighted by atomic mass is 10.1. The number of hydrogen-bond donors (Lipinski definition) is 0. The van der Waals surface area contributed by atoms with Crippen LogP contribution in [0.2, 0.25) is 0 Å². The fourth-order valence-corrected chi connectivity index (χ4v) is 1.17. The van der Waals surface area contributed by atoms with Gasteiger partial charge < -0.3 is 0 Å². The summed E-state index contributed by atoms with van der Waals surface area (Å²) in [7, 11) is 0. The maximum Gasteiger partial charge on any atom is -0.0238 e. The van der Waals surface area contributed by atoms with Crippen LogP contribution < -0.4 is 0 Å². The molecule has 0 aromatic heterocycles. The summed E-state index contributed by atoms with van der Waals surface area (Å²) in [6.45, 7) is 6.11. The third kappa shape index (κ3) is 2.75. The first-order valence-corrected chi connectivity index (χ1v) is 4.24. The first-order valence-electron chi connectivity index (χ1n) is 4.24. The largest absolute Gasteiger partial charge is 0.0654 e. The van der Waals surface area contributed by atoms with Crippen LogP contribution in [0.15, 0.2) is 24.3 Å². The van der Waals surface area contributed by atoms with Crippen molar-refractivity contribution in [2.75, 3.05) is 0 Å². The lowest BCUT2D eigenvalue weighted by Gasteiger charge is -1.99. The summed E-state index contributed by atoms with van der Waals surface area (Å²) in [6, 6.07) is 8.45. The molecule has 0 atom stereocenters. The Labute approximate surface area is 69.3 Å². The monoisotopic (exact) mass is 147 g/mol. The van der Waals surface area contributed by atoms with Gasteiger partial charge in [0.15, 0.2) is 0 Å². The summed E-state index contributed by atoms with van der Waals surface area (Å²) in [5.41, 5.74) is 2.54. The first kappa shape index (κ1) is 8.32. The average molecular weight is 147 g/mol. The third-order valence-electron chi connectivity index (χ3n) is 1.81. The second kappa shape index (κ2) is 4.17. The van der Waals surface area contributed by atoms with Crippen molar-refractivity contribution in [3.63, 3.8) is 0 Å². The zero-order chi connectivity index (χ0) is 8.10. The summed E-state index contributed by atoms with van der Waals surface area (Å²) >= 11 is 0. The normalized spacial score (nSPS) is 10.0. The SMILES string of the molecule is [CH2]c1cccc(CCCC)c1. The zero-order valence-corrected chi connectivity index (χ0v) is 7.14. The molecule has 0 saturated heterocycles. The van der Waals surface area contributed by atoms with Crippen molar-refractivity contribution in [2.24, 2.45) is 0 Å². The van der Waals surface area contributed by atoms with Gasteiger partial charge in [0.25, 0.3) is 0 Å². The lowest BCUT2D eigenvalue weighted by Crippen LogP contribution is -1.84. The Morgan fingerprint density at radius 2 is 2.18 bits per heavy atom. The van der Waals surface area contributed by atoms with Crippen LogP contribution in [0.3, 0.4) is 0 Å². The summed E-state index contributed by atoms with van der Waals surface area (Å²) in [4.78, 5) is 0. The Morgan fingerprint density at radius 1 is 1.36 bits per heavy atom. The summed E-state index contributed by atoms with van der Waals surface area (Å²) < 4.78 is 0. The maximum atomic E-state index is 3.89. The lowest BCUT2D eigenvalue weighted by molar-refractivity contribution is 0.795. The molecule has 0 heteroatoms. The molecule has 0 aliphatic rings. The molecule has 0 aliphatic heterocycles. The van der Waals surface area contributed by atoms with Crippen molar-refractivity contribution in [3.05, 3.63) is 42.3 Å². The van der Waals surface area contributed by atoms with Crippen LogP contribution in [-0.4, -0.2) is 0 Å². The van der Waals surface area contributed by atoms with E-state index in [1.54, 1.807) is 0 Å². The molecular formula is C11H15. The van der Waals surface area contributed by atoms with E-state index < -0.39 is 0 Å². The van der Waals surface area contributed by atoms with Crippen LogP contribution >= 0.6 is 0 Å². The molecule has 0 nitrogen and oxygen atoms in total.